The van der Waals surface area contributed by atoms with Crippen molar-refractivity contribution in [2.45, 2.75) is 6.54 Å². The highest BCUT2D eigenvalue weighted by molar-refractivity contribution is 7.80. The predicted octanol–water partition coefficient (Wildman–Crippen LogP) is 2.93. The van der Waals surface area contributed by atoms with Gasteiger partial charge < -0.3 is 15.4 Å². The van der Waals surface area contributed by atoms with Gasteiger partial charge in [-0.05, 0) is 28.8 Å². The number of nitro groups is 1. The number of halogens is 1. The van der Waals surface area contributed by atoms with Crippen LogP contribution in [0, 0.1) is 10.1 Å². The highest BCUT2D eigenvalue weighted by atomic mass is 35.5. The maximum absolute atomic E-state index is 10.6. The van der Waals surface area contributed by atoms with Gasteiger partial charge in [0.2, 0.25) is 5.11 Å². The van der Waals surface area contributed by atoms with Crippen molar-refractivity contribution >= 4 is 40.4 Å². The molecule has 0 unspecified atom stereocenters. The molecule has 24 heavy (non-hydrogen) atoms. The lowest BCUT2D eigenvalue weighted by Gasteiger charge is -2.04. The van der Waals surface area contributed by atoms with E-state index in [9.17, 15) is 10.1 Å². The minimum Gasteiger partial charge on any atom is -0.358 e. The molecule has 2 heterocycles. The van der Waals surface area contributed by atoms with E-state index in [0.717, 1.165) is 5.56 Å². The smallest absolute Gasteiger partial charge is 0.358 e. The predicted molar refractivity (Wildman–Crippen MR) is 93.3 cm³/mol. The molecule has 0 atom stereocenters. The van der Waals surface area contributed by atoms with Crippen LogP contribution >= 0.6 is 23.8 Å². The molecule has 3 aromatic rings. The Morgan fingerprint density at radius 2 is 2.17 bits per heavy atom. The molecule has 0 radical (unpaired) electrons. The molecule has 3 rings (SSSR count). The van der Waals surface area contributed by atoms with Crippen molar-refractivity contribution < 1.29 is 4.92 Å². The summed E-state index contributed by atoms with van der Waals surface area (Å²) in [6, 6.07) is 8.78. The second-order valence-corrected chi connectivity index (χ2v) is 5.62. The third-order valence-corrected chi connectivity index (χ3v) is 3.80. The number of aromatic nitrogens is 4. The van der Waals surface area contributed by atoms with E-state index in [4.69, 9.17) is 23.8 Å². The average Bonchev–Trinajstić information content (AvgIpc) is 3.19. The third-order valence-electron chi connectivity index (χ3n) is 3.14. The van der Waals surface area contributed by atoms with E-state index in [2.05, 4.69) is 15.5 Å². The first-order chi connectivity index (χ1) is 11.5. The highest BCUT2D eigenvalue weighted by Gasteiger charge is 2.14. The number of nitrogens with one attached hydrogen (secondary N) is 1. The summed E-state index contributed by atoms with van der Waals surface area (Å²) < 4.78 is 2.93. The fourth-order valence-corrected chi connectivity index (χ4v) is 2.44. The largest absolute Gasteiger partial charge is 0.390 e. The summed E-state index contributed by atoms with van der Waals surface area (Å²) >= 11 is 11.3. The van der Waals surface area contributed by atoms with Crippen LogP contribution in [0.5, 0.6) is 0 Å². The average molecular weight is 363 g/mol. The zero-order chi connectivity index (χ0) is 17.1. The Morgan fingerprint density at radius 3 is 2.88 bits per heavy atom. The van der Waals surface area contributed by atoms with Gasteiger partial charge in [-0.1, -0.05) is 29.8 Å². The molecular weight excluding hydrogens is 352 g/mol. The first-order valence-corrected chi connectivity index (χ1v) is 7.59. The molecule has 0 aliphatic heterocycles. The van der Waals surface area contributed by atoms with Crippen LogP contribution in [0.25, 0.3) is 0 Å². The van der Waals surface area contributed by atoms with E-state index in [1.807, 2.05) is 24.3 Å². The van der Waals surface area contributed by atoms with Crippen LogP contribution in [0.1, 0.15) is 5.56 Å². The molecule has 2 aromatic heterocycles. The Morgan fingerprint density at radius 1 is 1.38 bits per heavy atom. The molecule has 122 valence electrons. The summed E-state index contributed by atoms with van der Waals surface area (Å²) in [4.78, 5) is 10.1. The standard InChI is InChI=1S/C14H11ClN6O2S/c15-12-4-2-1-3-10(12)8-19-9-11(7-16-19)17-14(24)20-6-5-13(18-20)21(22)23/h1-7,9H,8H2,(H,17,24). The van der Waals surface area contributed by atoms with Crippen molar-refractivity contribution in [3.05, 3.63) is 69.6 Å². The van der Waals surface area contributed by atoms with E-state index < -0.39 is 4.92 Å². The fourth-order valence-electron chi connectivity index (χ4n) is 2.02. The van der Waals surface area contributed by atoms with Crippen molar-refractivity contribution in [2.75, 3.05) is 5.32 Å². The van der Waals surface area contributed by atoms with Crippen molar-refractivity contribution in [3.63, 3.8) is 0 Å². The van der Waals surface area contributed by atoms with Gasteiger partial charge in [0, 0.05) is 11.2 Å². The number of hydrogen-bond acceptors (Lipinski definition) is 5. The van der Waals surface area contributed by atoms with Crippen LogP contribution < -0.4 is 5.32 Å². The molecule has 0 saturated carbocycles. The molecule has 0 fully saturated rings. The highest BCUT2D eigenvalue weighted by Crippen LogP contribution is 2.17. The summed E-state index contributed by atoms with van der Waals surface area (Å²) in [5.41, 5.74) is 1.59. The third kappa shape index (κ3) is 3.58. The molecule has 0 aliphatic carbocycles. The topological polar surface area (TPSA) is 90.8 Å². The molecule has 0 amide bonds. The van der Waals surface area contributed by atoms with Crippen LogP contribution in [0.15, 0.2) is 48.9 Å². The number of benzene rings is 1. The zero-order valence-corrected chi connectivity index (χ0v) is 13.7. The quantitative estimate of drug-likeness (QED) is 0.436. The Kier molecular flexibility index (Phi) is 4.54. The van der Waals surface area contributed by atoms with E-state index in [1.54, 1.807) is 17.1 Å². The van der Waals surface area contributed by atoms with E-state index >= 15 is 0 Å². The number of hydrogen-bond donors (Lipinski definition) is 1. The lowest BCUT2D eigenvalue weighted by atomic mass is 10.2. The van der Waals surface area contributed by atoms with Crippen LogP contribution in [0.2, 0.25) is 5.02 Å². The fraction of sp³-hybridized carbons (Fsp3) is 0.0714. The van der Waals surface area contributed by atoms with Gasteiger partial charge in [-0.25, -0.2) is 0 Å². The van der Waals surface area contributed by atoms with Gasteiger partial charge in [-0.3, -0.25) is 4.68 Å². The first kappa shape index (κ1) is 16.1. The van der Waals surface area contributed by atoms with Gasteiger partial charge in [-0.15, -0.1) is 4.68 Å². The van der Waals surface area contributed by atoms with Crippen molar-refractivity contribution in [1.82, 2.24) is 19.6 Å². The van der Waals surface area contributed by atoms with E-state index in [0.29, 0.717) is 17.3 Å². The SMILES string of the molecule is O=[N+]([O-])c1ccn(C(=S)Nc2cnn(Cc3ccccc3Cl)c2)n1. The lowest BCUT2D eigenvalue weighted by Crippen LogP contribution is -2.19. The van der Waals surface area contributed by atoms with Gasteiger partial charge in [0.25, 0.3) is 0 Å². The maximum Gasteiger partial charge on any atom is 0.390 e. The summed E-state index contributed by atoms with van der Waals surface area (Å²) in [7, 11) is 0. The Labute approximate surface area is 146 Å². The van der Waals surface area contributed by atoms with Crippen molar-refractivity contribution in [1.29, 1.82) is 0 Å². The number of nitrogens with zero attached hydrogens (tertiary/aromatic N) is 5. The Hall–Kier alpha value is -2.78. The number of anilines is 1. The first-order valence-electron chi connectivity index (χ1n) is 6.80. The molecule has 0 spiro atoms. The van der Waals surface area contributed by atoms with E-state index in [1.165, 1.54) is 16.9 Å². The van der Waals surface area contributed by atoms with Crippen molar-refractivity contribution in [2.24, 2.45) is 0 Å². The summed E-state index contributed by atoms with van der Waals surface area (Å²) in [6.07, 6.45) is 4.77. The summed E-state index contributed by atoms with van der Waals surface area (Å²) in [6.45, 7) is 0.515. The second kappa shape index (κ2) is 6.77. The number of rotatable bonds is 4. The minimum absolute atomic E-state index is 0.209. The van der Waals surface area contributed by atoms with Crippen LogP contribution in [-0.4, -0.2) is 29.6 Å². The Balaban J connectivity index is 1.68. The summed E-state index contributed by atoms with van der Waals surface area (Å²) in [5.74, 6) is -0.270. The summed E-state index contributed by atoms with van der Waals surface area (Å²) in [5, 5.41) is 22.4. The lowest BCUT2D eigenvalue weighted by molar-refractivity contribution is -0.389. The van der Waals surface area contributed by atoms with Crippen LogP contribution in [-0.2, 0) is 6.54 Å². The van der Waals surface area contributed by atoms with Crippen LogP contribution in [0.3, 0.4) is 0 Å². The number of thiocarbonyl (C=S) groups is 1. The molecule has 8 nitrogen and oxygen atoms in total. The van der Waals surface area contributed by atoms with Gasteiger partial charge in [0.1, 0.15) is 0 Å². The van der Waals surface area contributed by atoms with Gasteiger partial charge in [-0.2, -0.15) is 5.10 Å². The normalized spacial score (nSPS) is 10.5. The molecule has 1 N–H and O–H groups in total. The molecular formula is C14H11ClN6O2S. The van der Waals surface area contributed by atoms with Gasteiger partial charge in [0.15, 0.2) is 0 Å². The van der Waals surface area contributed by atoms with Crippen LogP contribution in [0.4, 0.5) is 11.5 Å². The van der Waals surface area contributed by atoms with E-state index in [-0.39, 0.29) is 10.9 Å². The molecule has 0 bridgehead atoms. The van der Waals surface area contributed by atoms with Gasteiger partial charge in [0.05, 0.1) is 35.8 Å². The molecule has 0 aliphatic rings. The molecule has 1 aromatic carbocycles. The van der Waals surface area contributed by atoms with Gasteiger partial charge >= 0.3 is 5.82 Å². The molecule has 0 saturated heterocycles. The maximum atomic E-state index is 10.6. The monoisotopic (exact) mass is 362 g/mol. The zero-order valence-electron chi connectivity index (χ0n) is 12.2. The second-order valence-electron chi connectivity index (χ2n) is 4.82. The van der Waals surface area contributed by atoms with Crippen molar-refractivity contribution in [3.8, 4) is 0 Å². The molecule has 10 heteroatoms. The Bertz CT molecular complexity index is 906. The minimum atomic E-state index is -0.583.